The monoisotopic (exact) mass is 163 g/mol. The van der Waals surface area contributed by atoms with Crippen molar-refractivity contribution in [3.63, 3.8) is 0 Å². The predicted molar refractivity (Wildman–Crippen MR) is 56.7 cm³/mol. The van der Waals surface area contributed by atoms with Gasteiger partial charge in [0.2, 0.25) is 0 Å². The van der Waals surface area contributed by atoms with Crippen LogP contribution in [0.2, 0.25) is 0 Å². The minimum absolute atomic E-state index is 1.03. The third-order valence-corrected chi connectivity index (χ3v) is 1.29. The fraction of sp³-hybridized carbons (Fsp3) is 0.364. The quantitative estimate of drug-likeness (QED) is 0.526. The van der Waals surface area contributed by atoms with E-state index in [0.29, 0.717) is 0 Å². The molecule has 12 heavy (non-hydrogen) atoms. The highest BCUT2D eigenvalue weighted by Gasteiger charge is 1.85. The van der Waals surface area contributed by atoms with Crippen molar-refractivity contribution in [1.29, 1.82) is 0 Å². The van der Waals surface area contributed by atoms with E-state index >= 15 is 0 Å². The average molecular weight is 163 g/mol. The number of aliphatic imine (C=N–C) groups is 1. The average Bonchev–Trinajstić information content (AvgIpc) is 2.37. The summed E-state index contributed by atoms with van der Waals surface area (Å²) in [6.45, 7) is 4.00. The minimum Gasteiger partial charge on any atom is -0.296 e. The van der Waals surface area contributed by atoms with Gasteiger partial charge in [0.15, 0.2) is 0 Å². The summed E-state index contributed by atoms with van der Waals surface area (Å²) < 4.78 is 0. The van der Waals surface area contributed by atoms with Crippen LogP contribution in [0, 0.1) is 0 Å². The molecule has 0 bridgehead atoms. The molecule has 0 N–H and O–H groups in total. The Morgan fingerprint density at radius 3 is 2.75 bits per heavy atom. The molecule has 0 aliphatic heterocycles. The maximum atomic E-state index is 3.92. The zero-order valence-electron chi connectivity index (χ0n) is 8.12. The smallest absolute Gasteiger partial charge is 0.0281 e. The van der Waals surface area contributed by atoms with Crippen LogP contribution < -0.4 is 0 Å². The molecule has 0 saturated carbocycles. The summed E-state index contributed by atoms with van der Waals surface area (Å²) in [7, 11) is 1.78. The molecule has 1 rings (SSSR count). The molecule has 0 atom stereocenters. The molecular formula is C11H17N. The van der Waals surface area contributed by atoms with Gasteiger partial charge in [-0.15, -0.1) is 0 Å². The van der Waals surface area contributed by atoms with Crippen molar-refractivity contribution in [2.75, 3.05) is 7.05 Å². The molecule has 0 heterocycles. The van der Waals surface area contributed by atoms with Crippen molar-refractivity contribution in [3.05, 3.63) is 36.0 Å². The fourth-order valence-corrected chi connectivity index (χ4v) is 0.831. The van der Waals surface area contributed by atoms with Crippen LogP contribution in [0.15, 0.2) is 40.9 Å². The SMILES string of the molecule is CC.CN=CC1=CC=CCC=C1. The van der Waals surface area contributed by atoms with Gasteiger partial charge in [0.05, 0.1) is 0 Å². The highest BCUT2D eigenvalue weighted by molar-refractivity contribution is 5.82. The molecule has 1 aliphatic carbocycles. The normalized spacial score (nSPS) is 15.1. The topological polar surface area (TPSA) is 12.4 Å². The van der Waals surface area contributed by atoms with Crippen LogP contribution in [0.1, 0.15) is 20.3 Å². The summed E-state index contributed by atoms with van der Waals surface area (Å²) in [5.41, 5.74) is 1.16. The molecule has 66 valence electrons. The molecule has 0 aromatic carbocycles. The number of rotatable bonds is 1. The zero-order valence-corrected chi connectivity index (χ0v) is 8.12. The molecule has 0 radical (unpaired) electrons. The lowest BCUT2D eigenvalue weighted by molar-refractivity contribution is 1.40. The van der Waals surface area contributed by atoms with Crippen LogP contribution in [0.5, 0.6) is 0 Å². The summed E-state index contributed by atoms with van der Waals surface area (Å²) in [4.78, 5) is 3.92. The summed E-state index contributed by atoms with van der Waals surface area (Å²) in [5.74, 6) is 0. The Kier molecular flexibility index (Phi) is 7.25. The Hall–Kier alpha value is -1.11. The first kappa shape index (κ1) is 10.9. The molecule has 1 heteroatoms. The Labute approximate surface area is 75.2 Å². The maximum Gasteiger partial charge on any atom is 0.0281 e. The van der Waals surface area contributed by atoms with E-state index in [9.17, 15) is 0 Å². The molecule has 0 aromatic rings. The second-order valence-corrected chi connectivity index (χ2v) is 2.12. The first-order valence-corrected chi connectivity index (χ1v) is 4.39. The predicted octanol–water partition coefficient (Wildman–Crippen LogP) is 3.16. The molecule has 0 unspecified atom stereocenters. The van der Waals surface area contributed by atoms with Gasteiger partial charge in [-0.1, -0.05) is 44.2 Å². The number of hydrogen-bond donors (Lipinski definition) is 0. The second kappa shape index (κ2) is 7.99. The molecule has 1 nitrogen and oxygen atoms in total. The number of nitrogens with zero attached hydrogens (tertiary/aromatic N) is 1. The Balaban J connectivity index is 0.000000561. The molecule has 1 aliphatic rings. The van der Waals surface area contributed by atoms with Gasteiger partial charge in [-0.05, 0) is 12.0 Å². The van der Waals surface area contributed by atoms with Gasteiger partial charge >= 0.3 is 0 Å². The van der Waals surface area contributed by atoms with Crippen LogP contribution >= 0.6 is 0 Å². The molecular weight excluding hydrogens is 146 g/mol. The lowest BCUT2D eigenvalue weighted by Crippen LogP contribution is -1.76. The first-order valence-electron chi connectivity index (χ1n) is 4.39. The van der Waals surface area contributed by atoms with Crippen molar-refractivity contribution >= 4 is 6.21 Å². The molecule has 0 aromatic heterocycles. The van der Waals surface area contributed by atoms with E-state index in [4.69, 9.17) is 0 Å². The molecule has 0 spiro atoms. The maximum absolute atomic E-state index is 3.92. The second-order valence-electron chi connectivity index (χ2n) is 2.12. The van der Waals surface area contributed by atoms with E-state index in [-0.39, 0.29) is 0 Å². The van der Waals surface area contributed by atoms with E-state index < -0.39 is 0 Å². The highest BCUT2D eigenvalue weighted by atomic mass is 14.6. The van der Waals surface area contributed by atoms with E-state index in [1.807, 2.05) is 20.1 Å². The summed E-state index contributed by atoms with van der Waals surface area (Å²) in [5, 5.41) is 0. The van der Waals surface area contributed by atoms with Crippen LogP contribution in [0.25, 0.3) is 0 Å². The standard InChI is InChI=1S/C9H11N.C2H6/c1-10-8-9-6-4-2-3-5-7-9;1-2/h2,4-8H,3H2,1H3;1-2H3. The molecule has 0 fully saturated rings. The zero-order chi connectivity index (χ0) is 9.23. The largest absolute Gasteiger partial charge is 0.296 e. The minimum atomic E-state index is 1.03. The van der Waals surface area contributed by atoms with Crippen molar-refractivity contribution in [2.45, 2.75) is 20.3 Å². The van der Waals surface area contributed by atoms with E-state index in [2.05, 4.69) is 35.4 Å². The van der Waals surface area contributed by atoms with E-state index in [1.54, 1.807) is 7.05 Å². The van der Waals surface area contributed by atoms with Gasteiger partial charge in [-0.2, -0.15) is 0 Å². The van der Waals surface area contributed by atoms with Crippen molar-refractivity contribution in [2.24, 2.45) is 4.99 Å². The van der Waals surface area contributed by atoms with Crippen molar-refractivity contribution in [3.8, 4) is 0 Å². The Bertz CT molecular complexity index is 207. The molecule has 0 amide bonds. The lowest BCUT2D eigenvalue weighted by atomic mass is 10.2. The van der Waals surface area contributed by atoms with E-state index in [0.717, 1.165) is 12.0 Å². The fourth-order valence-electron chi connectivity index (χ4n) is 0.831. The van der Waals surface area contributed by atoms with Gasteiger partial charge in [0.1, 0.15) is 0 Å². The first-order chi connectivity index (χ1) is 5.93. The summed E-state index contributed by atoms with van der Waals surface area (Å²) in [6.07, 6.45) is 13.3. The van der Waals surface area contributed by atoms with Gasteiger partial charge in [0, 0.05) is 13.3 Å². The molecule has 0 saturated heterocycles. The van der Waals surface area contributed by atoms with Crippen LogP contribution in [0.4, 0.5) is 0 Å². The van der Waals surface area contributed by atoms with Crippen LogP contribution in [-0.2, 0) is 0 Å². The summed E-state index contributed by atoms with van der Waals surface area (Å²) in [6, 6.07) is 0. The van der Waals surface area contributed by atoms with E-state index in [1.165, 1.54) is 0 Å². The highest BCUT2D eigenvalue weighted by Crippen LogP contribution is 2.01. The van der Waals surface area contributed by atoms with Crippen molar-refractivity contribution in [1.82, 2.24) is 0 Å². The summed E-state index contributed by atoms with van der Waals surface area (Å²) >= 11 is 0. The van der Waals surface area contributed by atoms with Crippen LogP contribution in [-0.4, -0.2) is 13.3 Å². The number of allylic oxidation sites excluding steroid dienone is 6. The Morgan fingerprint density at radius 2 is 2.08 bits per heavy atom. The lowest BCUT2D eigenvalue weighted by Gasteiger charge is -1.85. The van der Waals surface area contributed by atoms with Gasteiger partial charge in [-0.3, -0.25) is 4.99 Å². The third-order valence-electron chi connectivity index (χ3n) is 1.29. The van der Waals surface area contributed by atoms with Gasteiger partial charge < -0.3 is 0 Å². The van der Waals surface area contributed by atoms with Crippen LogP contribution in [0.3, 0.4) is 0 Å². The van der Waals surface area contributed by atoms with Crippen molar-refractivity contribution < 1.29 is 0 Å². The Morgan fingerprint density at radius 1 is 1.33 bits per heavy atom. The van der Waals surface area contributed by atoms with Gasteiger partial charge in [-0.25, -0.2) is 0 Å². The third kappa shape index (κ3) is 4.67. The van der Waals surface area contributed by atoms with Gasteiger partial charge in [0.25, 0.3) is 0 Å². The number of hydrogen-bond acceptors (Lipinski definition) is 1.